The van der Waals surface area contributed by atoms with Crippen molar-refractivity contribution in [3.8, 4) is 0 Å². The van der Waals surface area contributed by atoms with Crippen LogP contribution in [0.3, 0.4) is 0 Å². The third kappa shape index (κ3) is 7.93. The third-order valence-electron chi connectivity index (χ3n) is 1.96. The van der Waals surface area contributed by atoms with E-state index < -0.39 is 6.04 Å². The predicted octanol–water partition coefficient (Wildman–Crippen LogP) is -0.258. The number of carbonyl (C=O) groups excluding carboxylic acids is 2. The number of primary amides is 1. The Kier molecular flexibility index (Phi) is 6.70. The molecule has 1 unspecified atom stereocenters. The van der Waals surface area contributed by atoms with Crippen molar-refractivity contribution in [1.29, 1.82) is 0 Å². The molecule has 0 aliphatic rings. The van der Waals surface area contributed by atoms with Crippen molar-refractivity contribution >= 4 is 11.8 Å². The molecule has 2 amide bonds. The number of nitrogens with two attached hydrogens (primary N) is 2. The molecule has 0 aromatic rings. The Balaban J connectivity index is 3.60. The maximum absolute atomic E-state index is 11.4. The van der Waals surface area contributed by atoms with Crippen LogP contribution in [-0.4, -0.2) is 24.4 Å². The van der Waals surface area contributed by atoms with Crippen molar-refractivity contribution in [2.75, 3.05) is 6.54 Å². The summed E-state index contributed by atoms with van der Waals surface area (Å²) in [6.07, 6.45) is 1.52. The first-order valence-electron chi connectivity index (χ1n) is 5.25. The molecular weight excluding hydrogens is 194 g/mol. The zero-order valence-electron chi connectivity index (χ0n) is 9.45. The van der Waals surface area contributed by atoms with Gasteiger partial charge < -0.3 is 16.8 Å². The molecular formula is C10H21N3O2. The normalized spacial score (nSPS) is 12.5. The minimum atomic E-state index is -0.460. The zero-order chi connectivity index (χ0) is 11.8. The van der Waals surface area contributed by atoms with Crippen LogP contribution in [0.4, 0.5) is 0 Å². The second-order valence-corrected chi connectivity index (χ2v) is 4.10. The molecule has 1 atom stereocenters. The smallest absolute Gasteiger partial charge is 0.236 e. The second-order valence-electron chi connectivity index (χ2n) is 4.10. The van der Waals surface area contributed by atoms with Crippen LogP contribution in [0, 0.1) is 5.92 Å². The van der Waals surface area contributed by atoms with Crippen molar-refractivity contribution in [2.24, 2.45) is 17.4 Å². The average molecular weight is 215 g/mol. The van der Waals surface area contributed by atoms with Gasteiger partial charge in [0.2, 0.25) is 11.8 Å². The molecule has 0 aromatic heterocycles. The topological polar surface area (TPSA) is 98.2 Å². The highest BCUT2D eigenvalue weighted by Crippen LogP contribution is 2.02. The maximum atomic E-state index is 11.4. The summed E-state index contributed by atoms with van der Waals surface area (Å²) in [7, 11) is 0. The van der Waals surface area contributed by atoms with Crippen LogP contribution >= 0.6 is 0 Å². The van der Waals surface area contributed by atoms with Crippen LogP contribution in [0.5, 0.6) is 0 Å². The van der Waals surface area contributed by atoms with Gasteiger partial charge in [0.05, 0.1) is 6.04 Å². The summed E-state index contributed by atoms with van der Waals surface area (Å²) in [6, 6.07) is -0.460. The number of nitrogens with one attached hydrogen (secondary N) is 1. The van der Waals surface area contributed by atoms with E-state index in [1.54, 1.807) is 0 Å². The van der Waals surface area contributed by atoms with Gasteiger partial charge in [0.25, 0.3) is 0 Å². The van der Waals surface area contributed by atoms with Gasteiger partial charge in [-0.2, -0.15) is 0 Å². The molecule has 5 nitrogen and oxygen atoms in total. The highest BCUT2D eigenvalue weighted by atomic mass is 16.2. The summed E-state index contributed by atoms with van der Waals surface area (Å²) < 4.78 is 0. The summed E-state index contributed by atoms with van der Waals surface area (Å²) in [5.74, 6) is -0.111. The molecule has 0 aliphatic carbocycles. The highest BCUT2D eigenvalue weighted by molar-refractivity contribution is 5.81. The molecule has 5 N–H and O–H groups in total. The van der Waals surface area contributed by atoms with E-state index in [0.717, 1.165) is 0 Å². The lowest BCUT2D eigenvalue weighted by molar-refractivity contribution is -0.123. The van der Waals surface area contributed by atoms with E-state index in [1.807, 2.05) is 13.8 Å². The van der Waals surface area contributed by atoms with E-state index in [4.69, 9.17) is 11.5 Å². The fourth-order valence-corrected chi connectivity index (χ4v) is 1.22. The monoisotopic (exact) mass is 215 g/mol. The third-order valence-corrected chi connectivity index (χ3v) is 1.96. The first kappa shape index (κ1) is 13.9. The quantitative estimate of drug-likeness (QED) is 0.510. The largest absolute Gasteiger partial charge is 0.370 e. The Morgan fingerprint density at radius 1 is 1.33 bits per heavy atom. The van der Waals surface area contributed by atoms with Gasteiger partial charge in [0, 0.05) is 13.0 Å². The summed E-state index contributed by atoms with van der Waals surface area (Å²) >= 11 is 0. The first-order valence-corrected chi connectivity index (χ1v) is 5.25. The molecule has 0 saturated carbocycles. The van der Waals surface area contributed by atoms with Crippen molar-refractivity contribution in [1.82, 2.24) is 5.32 Å². The molecule has 0 aliphatic heterocycles. The molecule has 5 heteroatoms. The molecule has 0 fully saturated rings. The molecule has 15 heavy (non-hydrogen) atoms. The number of amides is 2. The van der Waals surface area contributed by atoms with Gasteiger partial charge in [0.15, 0.2) is 0 Å². The average Bonchev–Trinajstić information content (AvgIpc) is 2.10. The van der Waals surface area contributed by atoms with E-state index >= 15 is 0 Å². The van der Waals surface area contributed by atoms with E-state index in [9.17, 15) is 9.59 Å². The summed E-state index contributed by atoms with van der Waals surface area (Å²) in [4.78, 5) is 21.8. The summed E-state index contributed by atoms with van der Waals surface area (Å²) in [5.41, 5.74) is 10.6. The standard InChI is InChI=1S/C10H21N3O2/c1-7(2)6-8(11)10(15)13-5-3-4-9(12)14/h7-8H,3-6,11H2,1-2H3,(H2,12,14)(H,13,15). The molecule has 0 spiro atoms. The van der Waals surface area contributed by atoms with Gasteiger partial charge in [-0.3, -0.25) is 9.59 Å². The molecule has 0 aromatic carbocycles. The second kappa shape index (κ2) is 7.23. The Bertz CT molecular complexity index is 217. The Hall–Kier alpha value is -1.10. The molecule has 0 radical (unpaired) electrons. The Morgan fingerprint density at radius 2 is 1.93 bits per heavy atom. The van der Waals surface area contributed by atoms with Gasteiger partial charge in [-0.1, -0.05) is 13.8 Å². The number of hydrogen-bond acceptors (Lipinski definition) is 3. The van der Waals surface area contributed by atoms with Crippen LogP contribution < -0.4 is 16.8 Å². The van der Waals surface area contributed by atoms with Gasteiger partial charge in [-0.05, 0) is 18.8 Å². The maximum Gasteiger partial charge on any atom is 0.236 e. The highest BCUT2D eigenvalue weighted by Gasteiger charge is 2.13. The van der Waals surface area contributed by atoms with Gasteiger partial charge in [-0.25, -0.2) is 0 Å². The molecule has 88 valence electrons. The van der Waals surface area contributed by atoms with Crippen molar-refractivity contribution in [2.45, 2.75) is 39.2 Å². The summed E-state index contributed by atoms with van der Waals surface area (Å²) in [5, 5.41) is 2.67. The van der Waals surface area contributed by atoms with E-state index in [1.165, 1.54) is 0 Å². The molecule has 0 bridgehead atoms. The minimum absolute atomic E-state index is 0.159. The lowest BCUT2D eigenvalue weighted by Crippen LogP contribution is -2.41. The fraction of sp³-hybridized carbons (Fsp3) is 0.800. The van der Waals surface area contributed by atoms with E-state index in [-0.39, 0.29) is 11.8 Å². The van der Waals surface area contributed by atoms with Crippen molar-refractivity contribution in [3.63, 3.8) is 0 Å². The van der Waals surface area contributed by atoms with Crippen LogP contribution in [0.2, 0.25) is 0 Å². The number of hydrogen-bond donors (Lipinski definition) is 3. The van der Waals surface area contributed by atoms with Crippen LogP contribution in [0.1, 0.15) is 33.1 Å². The number of rotatable bonds is 7. The van der Waals surface area contributed by atoms with Crippen LogP contribution in [-0.2, 0) is 9.59 Å². The van der Waals surface area contributed by atoms with Gasteiger partial charge >= 0.3 is 0 Å². The lowest BCUT2D eigenvalue weighted by atomic mass is 10.0. The molecule has 0 heterocycles. The molecule has 0 saturated heterocycles. The van der Waals surface area contributed by atoms with Crippen molar-refractivity contribution < 1.29 is 9.59 Å². The van der Waals surface area contributed by atoms with E-state index in [2.05, 4.69) is 5.32 Å². The van der Waals surface area contributed by atoms with E-state index in [0.29, 0.717) is 31.7 Å². The van der Waals surface area contributed by atoms with Crippen LogP contribution in [0.25, 0.3) is 0 Å². The Morgan fingerprint density at radius 3 is 2.40 bits per heavy atom. The fourth-order valence-electron chi connectivity index (χ4n) is 1.22. The van der Waals surface area contributed by atoms with Crippen molar-refractivity contribution in [3.05, 3.63) is 0 Å². The van der Waals surface area contributed by atoms with Gasteiger partial charge in [0.1, 0.15) is 0 Å². The predicted molar refractivity (Wildman–Crippen MR) is 58.9 cm³/mol. The number of carbonyl (C=O) groups is 2. The SMILES string of the molecule is CC(C)CC(N)C(=O)NCCCC(N)=O. The Labute approximate surface area is 90.6 Å². The molecule has 0 rings (SSSR count). The lowest BCUT2D eigenvalue weighted by Gasteiger charge is -2.13. The summed E-state index contributed by atoms with van der Waals surface area (Å²) in [6.45, 7) is 4.48. The van der Waals surface area contributed by atoms with Crippen LogP contribution in [0.15, 0.2) is 0 Å². The minimum Gasteiger partial charge on any atom is -0.370 e. The first-order chi connectivity index (χ1) is 6.93. The van der Waals surface area contributed by atoms with Gasteiger partial charge in [-0.15, -0.1) is 0 Å². The zero-order valence-corrected chi connectivity index (χ0v) is 9.45.